The van der Waals surface area contributed by atoms with Gasteiger partial charge in [-0.15, -0.1) is 21.5 Å². The Balaban J connectivity index is 1.44. The van der Waals surface area contributed by atoms with Crippen LogP contribution in [0.25, 0.3) is 11.4 Å². The number of fused-ring (bicyclic) bond motifs is 1. The third-order valence-electron chi connectivity index (χ3n) is 4.69. The highest BCUT2D eigenvalue weighted by atomic mass is 32.2. The molecule has 0 saturated heterocycles. The van der Waals surface area contributed by atoms with E-state index < -0.39 is 5.91 Å². The van der Waals surface area contributed by atoms with E-state index in [9.17, 15) is 9.59 Å². The number of thioether (sulfide) groups is 1. The SMILES string of the molecule is Cc1occc1-c1nnc(SCC(=O)Nc2sc3c(c2C(N)=O)CCC3)n1C. The van der Waals surface area contributed by atoms with Crippen LogP contribution in [0.15, 0.2) is 21.9 Å². The molecular formula is C18H19N5O3S2. The summed E-state index contributed by atoms with van der Waals surface area (Å²) in [5.74, 6) is 0.888. The molecule has 3 N–H and O–H groups in total. The molecule has 10 heteroatoms. The molecule has 3 aromatic rings. The Morgan fingerprint density at radius 3 is 2.93 bits per heavy atom. The van der Waals surface area contributed by atoms with E-state index in [2.05, 4.69) is 15.5 Å². The second-order valence-electron chi connectivity index (χ2n) is 6.52. The smallest absolute Gasteiger partial charge is 0.251 e. The Hall–Kier alpha value is -2.59. The summed E-state index contributed by atoms with van der Waals surface area (Å²) < 4.78 is 7.14. The summed E-state index contributed by atoms with van der Waals surface area (Å²) in [6.07, 6.45) is 4.40. The number of hydrogen-bond donors (Lipinski definition) is 2. The van der Waals surface area contributed by atoms with Crippen molar-refractivity contribution in [2.75, 3.05) is 11.1 Å². The Kier molecular flexibility index (Phi) is 4.98. The first-order valence-corrected chi connectivity index (χ1v) is 10.6. The van der Waals surface area contributed by atoms with Gasteiger partial charge in [0.2, 0.25) is 5.91 Å². The van der Waals surface area contributed by atoms with Crippen molar-refractivity contribution in [3.05, 3.63) is 34.1 Å². The van der Waals surface area contributed by atoms with Gasteiger partial charge in [-0.3, -0.25) is 9.59 Å². The number of aromatic nitrogens is 3. The fourth-order valence-electron chi connectivity index (χ4n) is 3.34. The summed E-state index contributed by atoms with van der Waals surface area (Å²) in [7, 11) is 1.84. The monoisotopic (exact) mass is 417 g/mol. The lowest BCUT2D eigenvalue weighted by Crippen LogP contribution is -2.19. The Morgan fingerprint density at radius 1 is 1.39 bits per heavy atom. The second-order valence-corrected chi connectivity index (χ2v) is 8.57. The van der Waals surface area contributed by atoms with Crippen LogP contribution in [-0.2, 0) is 24.7 Å². The van der Waals surface area contributed by atoms with Crippen LogP contribution >= 0.6 is 23.1 Å². The maximum absolute atomic E-state index is 12.4. The van der Waals surface area contributed by atoms with Gasteiger partial charge in [-0.05, 0) is 37.8 Å². The maximum atomic E-state index is 12.4. The van der Waals surface area contributed by atoms with Crippen LogP contribution in [0.2, 0.25) is 0 Å². The lowest BCUT2D eigenvalue weighted by Gasteiger charge is -2.06. The van der Waals surface area contributed by atoms with Crippen molar-refractivity contribution in [3.63, 3.8) is 0 Å². The van der Waals surface area contributed by atoms with E-state index in [0.717, 1.165) is 41.0 Å². The third kappa shape index (κ3) is 3.33. The van der Waals surface area contributed by atoms with Crippen molar-refractivity contribution < 1.29 is 14.0 Å². The van der Waals surface area contributed by atoms with Crippen LogP contribution in [0, 0.1) is 6.92 Å². The average molecular weight is 418 g/mol. The van der Waals surface area contributed by atoms with Gasteiger partial charge in [0.05, 0.1) is 23.1 Å². The van der Waals surface area contributed by atoms with E-state index >= 15 is 0 Å². The van der Waals surface area contributed by atoms with Crippen molar-refractivity contribution in [1.29, 1.82) is 0 Å². The van der Waals surface area contributed by atoms with Crippen LogP contribution in [-0.4, -0.2) is 32.3 Å². The molecule has 0 fully saturated rings. The van der Waals surface area contributed by atoms with Crippen LogP contribution in [0.5, 0.6) is 0 Å². The highest BCUT2D eigenvalue weighted by Gasteiger charge is 2.26. The van der Waals surface area contributed by atoms with E-state index in [4.69, 9.17) is 10.2 Å². The van der Waals surface area contributed by atoms with Crippen molar-refractivity contribution in [1.82, 2.24) is 14.8 Å². The number of carbonyl (C=O) groups excluding carboxylic acids is 2. The van der Waals surface area contributed by atoms with Gasteiger partial charge in [-0.2, -0.15) is 0 Å². The third-order valence-corrected chi connectivity index (χ3v) is 6.92. The molecule has 146 valence electrons. The molecule has 1 aliphatic rings. The summed E-state index contributed by atoms with van der Waals surface area (Å²) in [5.41, 5.74) is 7.86. The van der Waals surface area contributed by atoms with Crippen LogP contribution in [0.4, 0.5) is 5.00 Å². The number of amides is 2. The van der Waals surface area contributed by atoms with Gasteiger partial charge in [-0.25, -0.2) is 0 Å². The molecule has 28 heavy (non-hydrogen) atoms. The zero-order valence-electron chi connectivity index (χ0n) is 15.4. The minimum absolute atomic E-state index is 0.150. The Morgan fingerprint density at radius 2 is 2.21 bits per heavy atom. The van der Waals surface area contributed by atoms with Crippen molar-refractivity contribution in [2.45, 2.75) is 31.3 Å². The molecule has 0 radical (unpaired) electrons. The summed E-state index contributed by atoms with van der Waals surface area (Å²) in [6.45, 7) is 1.86. The molecule has 2 amide bonds. The van der Waals surface area contributed by atoms with Gasteiger partial charge >= 0.3 is 0 Å². The Labute approximate surface area is 169 Å². The first kappa shape index (κ1) is 18.8. The number of primary amides is 1. The van der Waals surface area contributed by atoms with Crippen LogP contribution in [0.3, 0.4) is 0 Å². The summed E-state index contributed by atoms with van der Waals surface area (Å²) in [6, 6.07) is 1.84. The lowest BCUT2D eigenvalue weighted by molar-refractivity contribution is -0.113. The fraction of sp³-hybridized carbons (Fsp3) is 0.333. The number of nitrogens with one attached hydrogen (secondary N) is 1. The van der Waals surface area contributed by atoms with Gasteiger partial charge in [-0.1, -0.05) is 11.8 Å². The normalized spacial score (nSPS) is 12.9. The Bertz CT molecular complexity index is 1070. The van der Waals surface area contributed by atoms with Crippen molar-refractivity contribution in [2.24, 2.45) is 12.8 Å². The molecule has 0 aromatic carbocycles. The molecule has 0 atom stereocenters. The highest BCUT2D eigenvalue weighted by molar-refractivity contribution is 7.99. The van der Waals surface area contributed by atoms with Crippen LogP contribution in [0.1, 0.15) is 33.0 Å². The molecule has 8 nitrogen and oxygen atoms in total. The molecule has 0 bridgehead atoms. The fourth-order valence-corrected chi connectivity index (χ4v) is 5.36. The van der Waals surface area contributed by atoms with Gasteiger partial charge in [0.25, 0.3) is 5.91 Å². The number of furan rings is 1. The van der Waals surface area contributed by atoms with E-state index in [1.807, 2.05) is 24.6 Å². The number of anilines is 1. The molecule has 0 saturated carbocycles. The predicted octanol–water partition coefficient (Wildman–Crippen LogP) is 2.76. The second kappa shape index (κ2) is 7.44. The lowest BCUT2D eigenvalue weighted by atomic mass is 10.1. The predicted molar refractivity (Wildman–Crippen MR) is 108 cm³/mol. The van der Waals surface area contributed by atoms with E-state index in [-0.39, 0.29) is 11.7 Å². The van der Waals surface area contributed by atoms with E-state index in [1.54, 1.807) is 6.26 Å². The number of aryl methyl sites for hydroxylation is 2. The van der Waals surface area contributed by atoms with Gasteiger partial charge in [0, 0.05) is 11.9 Å². The zero-order valence-corrected chi connectivity index (χ0v) is 17.1. The molecule has 3 heterocycles. The standard InChI is InChI=1S/C18H19N5O3S2/c1-9-10(6-7-26-9)16-21-22-18(23(16)2)27-8-13(24)20-17-14(15(19)25)11-4-3-5-12(11)28-17/h6-7H,3-5,8H2,1-2H3,(H2,19,25)(H,20,24). The largest absolute Gasteiger partial charge is 0.469 e. The number of carbonyl (C=O) groups is 2. The number of hydrogen-bond acceptors (Lipinski definition) is 7. The molecule has 0 unspecified atom stereocenters. The molecule has 3 aromatic heterocycles. The molecular weight excluding hydrogens is 398 g/mol. The summed E-state index contributed by atoms with van der Waals surface area (Å²) in [5, 5.41) is 12.4. The topological polar surface area (TPSA) is 116 Å². The number of nitrogens with two attached hydrogens (primary N) is 1. The van der Waals surface area contributed by atoms with Gasteiger partial charge in [0.1, 0.15) is 10.8 Å². The number of rotatable bonds is 6. The molecule has 0 spiro atoms. The van der Waals surface area contributed by atoms with Crippen molar-refractivity contribution >= 4 is 39.9 Å². The van der Waals surface area contributed by atoms with E-state index in [1.165, 1.54) is 23.1 Å². The van der Waals surface area contributed by atoms with Gasteiger partial charge < -0.3 is 20.0 Å². The van der Waals surface area contributed by atoms with Crippen LogP contribution < -0.4 is 11.1 Å². The number of nitrogens with zero attached hydrogens (tertiary/aromatic N) is 3. The molecule has 4 rings (SSSR count). The zero-order chi connectivity index (χ0) is 19.8. The first-order chi connectivity index (χ1) is 13.5. The van der Waals surface area contributed by atoms with Gasteiger partial charge in [0.15, 0.2) is 11.0 Å². The molecule has 1 aliphatic carbocycles. The summed E-state index contributed by atoms with van der Waals surface area (Å²) in [4.78, 5) is 25.4. The molecule has 0 aliphatic heterocycles. The minimum atomic E-state index is -0.490. The first-order valence-electron chi connectivity index (χ1n) is 8.76. The number of thiophene rings is 1. The average Bonchev–Trinajstić information content (AvgIpc) is 3.38. The quantitative estimate of drug-likeness (QED) is 0.596. The van der Waals surface area contributed by atoms with Crippen molar-refractivity contribution in [3.8, 4) is 11.4 Å². The minimum Gasteiger partial charge on any atom is -0.469 e. The summed E-state index contributed by atoms with van der Waals surface area (Å²) >= 11 is 2.73. The maximum Gasteiger partial charge on any atom is 0.251 e. The highest BCUT2D eigenvalue weighted by Crippen LogP contribution is 2.39. The van der Waals surface area contributed by atoms with E-state index in [0.29, 0.717) is 21.5 Å².